The Labute approximate surface area is 73.9 Å². The van der Waals surface area contributed by atoms with Crippen LogP contribution in [0.25, 0.3) is 0 Å². The Balaban J connectivity index is 1.99. The summed E-state index contributed by atoms with van der Waals surface area (Å²) in [4.78, 5) is 2.40. The minimum absolute atomic E-state index is 0.165. The van der Waals surface area contributed by atoms with E-state index in [1.807, 2.05) is 0 Å². The summed E-state index contributed by atoms with van der Waals surface area (Å²) in [6, 6.07) is 1.43. The van der Waals surface area contributed by atoms with Crippen LogP contribution in [-0.4, -0.2) is 30.2 Å². The highest BCUT2D eigenvalue weighted by Gasteiger charge is 2.38. The number of alkyl halides is 1. The number of fused-ring (bicyclic) bond motifs is 2. The second-order valence-corrected chi connectivity index (χ2v) is 4.39. The van der Waals surface area contributed by atoms with Crippen molar-refractivity contribution in [2.75, 3.05) is 13.2 Å². The van der Waals surface area contributed by atoms with Crippen molar-refractivity contribution >= 4 is 0 Å². The van der Waals surface area contributed by atoms with Crippen LogP contribution in [0, 0.1) is 5.92 Å². The number of piperidine rings is 1. The van der Waals surface area contributed by atoms with Crippen molar-refractivity contribution in [2.45, 2.75) is 44.7 Å². The maximum absolute atomic E-state index is 12.2. The molecule has 0 aliphatic carbocycles. The lowest BCUT2D eigenvalue weighted by Gasteiger charge is -2.37. The summed E-state index contributed by atoms with van der Waals surface area (Å²) < 4.78 is 12.2. The second-order valence-electron chi connectivity index (χ2n) is 4.39. The van der Waals surface area contributed by atoms with Crippen molar-refractivity contribution in [1.29, 1.82) is 0 Å². The van der Waals surface area contributed by atoms with Gasteiger partial charge < -0.3 is 0 Å². The minimum Gasteiger partial charge on any atom is -0.295 e. The Hall–Kier alpha value is -0.110. The molecule has 2 fully saturated rings. The third-order valence-electron chi connectivity index (χ3n) is 3.46. The molecule has 2 aliphatic heterocycles. The molecule has 2 rings (SSSR count). The zero-order valence-electron chi connectivity index (χ0n) is 7.80. The molecule has 1 nitrogen and oxygen atoms in total. The standard InChI is InChI=1S/C10H18FN/c1-8-6-9-2-3-10(7-8)12(9)5-4-11/h8-10H,2-7H2,1H3/t8?,9-,10+. The lowest BCUT2D eigenvalue weighted by atomic mass is 9.92. The monoisotopic (exact) mass is 171 g/mol. The molecule has 0 saturated carbocycles. The first-order valence-electron chi connectivity index (χ1n) is 5.13. The van der Waals surface area contributed by atoms with Gasteiger partial charge in [0.05, 0.1) is 0 Å². The molecule has 0 spiro atoms. The third kappa shape index (κ3) is 1.37. The van der Waals surface area contributed by atoms with E-state index in [1.165, 1.54) is 25.7 Å². The van der Waals surface area contributed by atoms with Crippen molar-refractivity contribution in [1.82, 2.24) is 4.90 Å². The minimum atomic E-state index is -0.165. The predicted octanol–water partition coefficient (Wildman–Crippen LogP) is 2.22. The molecular formula is C10H18FN. The third-order valence-corrected chi connectivity index (χ3v) is 3.46. The van der Waals surface area contributed by atoms with E-state index in [2.05, 4.69) is 11.8 Å². The van der Waals surface area contributed by atoms with Gasteiger partial charge in [0.15, 0.2) is 0 Å². The summed E-state index contributed by atoms with van der Waals surface area (Å²) in [5.74, 6) is 0.873. The van der Waals surface area contributed by atoms with Gasteiger partial charge in [0.2, 0.25) is 0 Å². The van der Waals surface area contributed by atoms with Crippen LogP contribution in [0.4, 0.5) is 4.39 Å². The molecular weight excluding hydrogens is 153 g/mol. The summed E-state index contributed by atoms with van der Waals surface area (Å²) in [5.41, 5.74) is 0. The van der Waals surface area contributed by atoms with Crippen LogP contribution in [0.1, 0.15) is 32.6 Å². The van der Waals surface area contributed by atoms with Crippen LogP contribution >= 0.6 is 0 Å². The fourth-order valence-electron chi connectivity index (χ4n) is 3.01. The van der Waals surface area contributed by atoms with E-state index in [1.54, 1.807) is 0 Å². The molecule has 0 aromatic heterocycles. The lowest BCUT2D eigenvalue weighted by Crippen LogP contribution is -2.43. The topological polar surface area (TPSA) is 3.24 Å². The van der Waals surface area contributed by atoms with E-state index in [-0.39, 0.29) is 6.67 Å². The molecule has 3 atom stereocenters. The molecule has 0 amide bonds. The number of nitrogens with zero attached hydrogens (tertiary/aromatic N) is 1. The average Bonchev–Trinajstić information content (AvgIpc) is 2.32. The molecule has 2 heteroatoms. The lowest BCUT2D eigenvalue weighted by molar-refractivity contribution is 0.102. The van der Waals surface area contributed by atoms with Gasteiger partial charge in [-0.3, -0.25) is 4.90 Å². The van der Waals surface area contributed by atoms with Gasteiger partial charge in [0, 0.05) is 18.6 Å². The van der Waals surface area contributed by atoms with Gasteiger partial charge in [0.1, 0.15) is 6.67 Å². The highest BCUT2D eigenvalue weighted by atomic mass is 19.1. The Morgan fingerprint density at radius 3 is 2.33 bits per heavy atom. The Kier molecular flexibility index (Phi) is 2.35. The largest absolute Gasteiger partial charge is 0.295 e. The van der Waals surface area contributed by atoms with Crippen LogP contribution in [0.2, 0.25) is 0 Å². The molecule has 2 heterocycles. The molecule has 0 aromatic rings. The van der Waals surface area contributed by atoms with Gasteiger partial charge in [-0.2, -0.15) is 0 Å². The van der Waals surface area contributed by atoms with Crippen LogP contribution < -0.4 is 0 Å². The molecule has 1 unspecified atom stereocenters. The van der Waals surface area contributed by atoms with Gasteiger partial charge in [-0.15, -0.1) is 0 Å². The molecule has 0 radical (unpaired) electrons. The zero-order chi connectivity index (χ0) is 8.55. The van der Waals surface area contributed by atoms with Gasteiger partial charge in [-0.1, -0.05) is 6.92 Å². The summed E-state index contributed by atoms with van der Waals surface area (Å²) in [5, 5.41) is 0. The van der Waals surface area contributed by atoms with Crippen molar-refractivity contribution in [3.8, 4) is 0 Å². The molecule has 70 valence electrons. The van der Waals surface area contributed by atoms with Crippen LogP contribution in [-0.2, 0) is 0 Å². The molecule has 2 aliphatic rings. The van der Waals surface area contributed by atoms with Crippen molar-refractivity contribution in [2.24, 2.45) is 5.92 Å². The fourth-order valence-corrected chi connectivity index (χ4v) is 3.01. The van der Waals surface area contributed by atoms with Crippen molar-refractivity contribution < 1.29 is 4.39 Å². The average molecular weight is 171 g/mol. The molecule has 2 bridgehead atoms. The first kappa shape index (κ1) is 8.49. The van der Waals surface area contributed by atoms with Gasteiger partial charge in [-0.05, 0) is 31.6 Å². The highest BCUT2D eigenvalue weighted by molar-refractivity contribution is 4.93. The van der Waals surface area contributed by atoms with Gasteiger partial charge in [-0.25, -0.2) is 4.39 Å². The number of rotatable bonds is 2. The van der Waals surface area contributed by atoms with Crippen LogP contribution in [0.15, 0.2) is 0 Å². The number of hydrogen-bond donors (Lipinski definition) is 0. The van der Waals surface area contributed by atoms with E-state index in [9.17, 15) is 4.39 Å². The Morgan fingerprint density at radius 2 is 1.83 bits per heavy atom. The first-order chi connectivity index (χ1) is 5.81. The van der Waals surface area contributed by atoms with Gasteiger partial charge in [0.25, 0.3) is 0 Å². The van der Waals surface area contributed by atoms with Crippen molar-refractivity contribution in [3.05, 3.63) is 0 Å². The molecule has 2 saturated heterocycles. The van der Waals surface area contributed by atoms with Crippen molar-refractivity contribution in [3.63, 3.8) is 0 Å². The van der Waals surface area contributed by atoms with E-state index >= 15 is 0 Å². The SMILES string of the molecule is CC1C[C@H]2CC[C@@H](C1)N2CCF. The normalized spacial score (nSPS) is 42.0. The van der Waals surface area contributed by atoms with E-state index in [0.29, 0.717) is 6.54 Å². The molecule has 0 aromatic carbocycles. The summed E-state index contributed by atoms with van der Waals surface area (Å²) >= 11 is 0. The summed E-state index contributed by atoms with van der Waals surface area (Å²) in [6.45, 7) is 2.85. The second kappa shape index (κ2) is 3.33. The number of hydrogen-bond acceptors (Lipinski definition) is 1. The zero-order valence-corrected chi connectivity index (χ0v) is 7.80. The predicted molar refractivity (Wildman–Crippen MR) is 47.9 cm³/mol. The van der Waals surface area contributed by atoms with E-state index < -0.39 is 0 Å². The van der Waals surface area contributed by atoms with E-state index in [0.717, 1.165) is 18.0 Å². The Bertz CT molecular complexity index is 146. The number of halogens is 1. The van der Waals surface area contributed by atoms with E-state index in [4.69, 9.17) is 0 Å². The molecule has 12 heavy (non-hydrogen) atoms. The smallest absolute Gasteiger partial charge is 0.102 e. The maximum atomic E-state index is 12.2. The highest BCUT2D eigenvalue weighted by Crippen LogP contribution is 2.37. The summed E-state index contributed by atoms with van der Waals surface area (Å²) in [6.07, 6.45) is 5.23. The fraction of sp³-hybridized carbons (Fsp3) is 1.00. The van der Waals surface area contributed by atoms with Gasteiger partial charge >= 0.3 is 0 Å². The quantitative estimate of drug-likeness (QED) is 0.615. The van der Waals surface area contributed by atoms with Crippen LogP contribution in [0.3, 0.4) is 0 Å². The Morgan fingerprint density at radius 1 is 1.25 bits per heavy atom. The maximum Gasteiger partial charge on any atom is 0.102 e. The molecule has 0 N–H and O–H groups in total. The van der Waals surface area contributed by atoms with Crippen LogP contribution in [0.5, 0.6) is 0 Å². The first-order valence-corrected chi connectivity index (χ1v) is 5.13. The summed E-state index contributed by atoms with van der Waals surface area (Å²) in [7, 11) is 0.